The highest BCUT2D eigenvalue weighted by Crippen LogP contribution is 2.36. The molecule has 3 nitrogen and oxygen atoms in total. The summed E-state index contributed by atoms with van der Waals surface area (Å²) >= 11 is 4.12. The molecular formula is C11H16O3S. The highest BCUT2D eigenvalue weighted by atomic mass is 32.1. The minimum Gasteiger partial charge on any atom is -0.493 e. The molecule has 0 saturated heterocycles. The quantitative estimate of drug-likeness (QED) is 0.598. The van der Waals surface area contributed by atoms with Crippen molar-refractivity contribution in [1.29, 1.82) is 0 Å². The number of para-hydroxylation sites is 1. The summed E-state index contributed by atoms with van der Waals surface area (Å²) in [6, 6.07) is 5.57. The highest BCUT2D eigenvalue weighted by Gasteiger charge is 2.09. The van der Waals surface area contributed by atoms with Crippen LogP contribution in [0.15, 0.2) is 18.2 Å². The third-order valence-corrected chi connectivity index (χ3v) is 2.24. The van der Waals surface area contributed by atoms with Gasteiger partial charge in [0.15, 0.2) is 11.5 Å². The molecule has 0 bridgehead atoms. The van der Waals surface area contributed by atoms with Crippen molar-refractivity contribution >= 4 is 12.6 Å². The summed E-state index contributed by atoms with van der Waals surface area (Å²) in [6.45, 7) is 0.632. The second-order valence-electron chi connectivity index (χ2n) is 2.92. The molecule has 0 heterocycles. The lowest BCUT2D eigenvalue weighted by Crippen LogP contribution is -2.00. The lowest BCUT2D eigenvalue weighted by Gasteiger charge is -2.12. The predicted molar refractivity (Wildman–Crippen MR) is 63.5 cm³/mol. The molecule has 0 fully saturated rings. The maximum atomic E-state index is 5.56. The van der Waals surface area contributed by atoms with Crippen molar-refractivity contribution in [1.82, 2.24) is 0 Å². The van der Waals surface area contributed by atoms with Gasteiger partial charge in [0.25, 0.3) is 0 Å². The van der Waals surface area contributed by atoms with Crippen LogP contribution in [0.2, 0.25) is 0 Å². The Bertz CT molecular complexity index is 302. The zero-order valence-electron chi connectivity index (χ0n) is 9.03. The van der Waals surface area contributed by atoms with Gasteiger partial charge in [-0.05, 0) is 24.3 Å². The molecule has 0 saturated carbocycles. The Balaban J connectivity index is 2.76. The van der Waals surface area contributed by atoms with Crippen LogP contribution in [0.1, 0.15) is 6.42 Å². The van der Waals surface area contributed by atoms with Crippen LogP contribution in [0.3, 0.4) is 0 Å². The van der Waals surface area contributed by atoms with Crippen LogP contribution in [-0.4, -0.2) is 26.6 Å². The molecule has 0 N–H and O–H groups in total. The fourth-order valence-corrected chi connectivity index (χ4v) is 1.35. The summed E-state index contributed by atoms with van der Waals surface area (Å²) in [5.74, 6) is 2.84. The first-order valence-corrected chi connectivity index (χ1v) is 5.41. The van der Waals surface area contributed by atoms with Gasteiger partial charge < -0.3 is 14.2 Å². The average molecular weight is 228 g/mol. The molecule has 0 radical (unpaired) electrons. The molecule has 1 aromatic rings. The molecule has 0 atom stereocenters. The maximum Gasteiger partial charge on any atom is 0.203 e. The van der Waals surface area contributed by atoms with Crippen LogP contribution in [0.25, 0.3) is 0 Å². The number of methoxy groups -OCH3 is 2. The van der Waals surface area contributed by atoms with Crippen LogP contribution in [0.4, 0.5) is 0 Å². The van der Waals surface area contributed by atoms with Crippen LogP contribution in [-0.2, 0) is 0 Å². The Kier molecular flexibility index (Phi) is 5.18. The predicted octanol–water partition coefficient (Wildman–Crippen LogP) is 2.40. The minimum atomic E-state index is 0.632. The number of ether oxygens (including phenoxy) is 3. The van der Waals surface area contributed by atoms with E-state index >= 15 is 0 Å². The zero-order valence-corrected chi connectivity index (χ0v) is 9.92. The van der Waals surface area contributed by atoms with E-state index in [2.05, 4.69) is 12.6 Å². The van der Waals surface area contributed by atoms with Gasteiger partial charge >= 0.3 is 0 Å². The molecule has 84 valence electrons. The molecule has 1 rings (SSSR count). The van der Waals surface area contributed by atoms with Gasteiger partial charge in [0.1, 0.15) is 0 Å². The van der Waals surface area contributed by atoms with Crippen molar-refractivity contribution in [3.05, 3.63) is 18.2 Å². The van der Waals surface area contributed by atoms with Gasteiger partial charge in [-0.25, -0.2) is 0 Å². The molecule has 0 aromatic heterocycles. The standard InChI is InChI=1S/C11H16O3S/c1-12-9-5-3-6-10(11(9)13-2)14-7-4-8-15/h3,5-6,15H,4,7-8H2,1-2H3. The second-order valence-corrected chi connectivity index (χ2v) is 3.36. The molecular weight excluding hydrogens is 212 g/mol. The third-order valence-electron chi connectivity index (χ3n) is 1.93. The van der Waals surface area contributed by atoms with E-state index < -0.39 is 0 Å². The number of benzene rings is 1. The Morgan fingerprint density at radius 3 is 2.47 bits per heavy atom. The number of hydrogen-bond donors (Lipinski definition) is 1. The summed E-state index contributed by atoms with van der Waals surface area (Å²) in [5.41, 5.74) is 0. The summed E-state index contributed by atoms with van der Waals surface area (Å²) < 4.78 is 15.9. The number of rotatable bonds is 6. The van der Waals surface area contributed by atoms with Crippen molar-refractivity contribution in [3.8, 4) is 17.2 Å². The molecule has 0 aliphatic rings. The van der Waals surface area contributed by atoms with Crippen LogP contribution >= 0.6 is 12.6 Å². The van der Waals surface area contributed by atoms with E-state index in [1.54, 1.807) is 14.2 Å². The van der Waals surface area contributed by atoms with E-state index in [1.165, 1.54) is 0 Å². The smallest absolute Gasteiger partial charge is 0.203 e. The van der Waals surface area contributed by atoms with Crippen LogP contribution in [0, 0.1) is 0 Å². The summed E-state index contributed by atoms with van der Waals surface area (Å²) in [5, 5.41) is 0. The first-order valence-electron chi connectivity index (χ1n) is 4.78. The van der Waals surface area contributed by atoms with E-state index in [4.69, 9.17) is 14.2 Å². The van der Waals surface area contributed by atoms with Crippen molar-refractivity contribution in [3.63, 3.8) is 0 Å². The number of hydrogen-bond acceptors (Lipinski definition) is 4. The SMILES string of the molecule is COc1cccc(OCCCS)c1OC. The van der Waals surface area contributed by atoms with Crippen molar-refractivity contribution in [2.75, 3.05) is 26.6 Å². The Labute approximate surface area is 95.8 Å². The fraction of sp³-hybridized carbons (Fsp3) is 0.455. The number of thiol groups is 1. The van der Waals surface area contributed by atoms with E-state index in [0.717, 1.165) is 12.2 Å². The first kappa shape index (κ1) is 12.0. The molecule has 0 aliphatic carbocycles. The lowest BCUT2D eigenvalue weighted by atomic mass is 10.3. The summed E-state index contributed by atoms with van der Waals surface area (Å²) in [7, 11) is 3.21. The summed E-state index contributed by atoms with van der Waals surface area (Å²) in [4.78, 5) is 0. The van der Waals surface area contributed by atoms with Gasteiger partial charge in [0, 0.05) is 0 Å². The van der Waals surface area contributed by atoms with Crippen molar-refractivity contribution in [2.45, 2.75) is 6.42 Å². The summed E-state index contributed by atoms with van der Waals surface area (Å²) in [6.07, 6.45) is 0.906. The normalized spacial score (nSPS) is 9.80. The minimum absolute atomic E-state index is 0.632. The Hall–Kier alpha value is -1.03. The first-order chi connectivity index (χ1) is 7.33. The average Bonchev–Trinajstić information content (AvgIpc) is 2.29. The molecule has 0 unspecified atom stereocenters. The largest absolute Gasteiger partial charge is 0.493 e. The maximum absolute atomic E-state index is 5.56. The van der Waals surface area contributed by atoms with E-state index in [0.29, 0.717) is 23.9 Å². The second kappa shape index (κ2) is 6.45. The van der Waals surface area contributed by atoms with Crippen LogP contribution in [0.5, 0.6) is 17.2 Å². The Morgan fingerprint density at radius 1 is 1.13 bits per heavy atom. The molecule has 15 heavy (non-hydrogen) atoms. The van der Waals surface area contributed by atoms with E-state index in [1.807, 2.05) is 18.2 Å². The van der Waals surface area contributed by atoms with Crippen molar-refractivity contribution in [2.24, 2.45) is 0 Å². The van der Waals surface area contributed by atoms with Gasteiger partial charge in [-0.1, -0.05) is 6.07 Å². The van der Waals surface area contributed by atoms with E-state index in [-0.39, 0.29) is 0 Å². The van der Waals surface area contributed by atoms with Gasteiger partial charge in [0.05, 0.1) is 20.8 Å². The lowest BCUT2D eigenvalue weighted by molar-refractivity contribution is 0.285. The van der Waals surface area contributed by atoms with E-state index in [9.17, 15) is 0 Å². The van der Waals surface area contributed by atoms with Gasteiger partial charge in [-0.15, -0.1) is 0 Å². The van der Waals surface area contributed by atoms with Gasteiger partial charge in [-0.2, -0.15) is 12.6 Å². The molecule has 0 aliphatic heterocycles. The van der Waals surface area contributed by atoms with Crippen molar-refractivity contribution < 1.29 is 14.2 Å². The highest BCUT2D eigenvalue weighted by molar-refractivity contribution is 7.80. The molecule has 0 spiro atoms. The monoisotopic (exact) mass is 228 g/mol. The molecule has 0 amide bonds. The third kappa shape index (κ3) is 3.23. The zero-order chi connectivity index (χ0) is 11.1. The fourth-order valence-electron chi connectivity index (χ4n) is 1.22. The topological polar surface area (TPSA) is 27.7 Å². The van der Waals surface area contributed by atoms with Crippen LogP contribution < -0.4 is 14.2 Å². The molecule has 4 heteroatoms. The molecule has 1 aromatic carbocycles. The van der Waals surface area contributed by atoms with Gasteiger partial charge in [-0.3, -0.25) is 0 Å². The van der Waals surface area contributed by atoms with Gasteiger partial charge in [0.2, 0.25) is 5.75 Å². The Morgan fingerprint density at radius 2 is 1.87 bits per heavy atom.